The van der Waals surface area contributed by atoms with Gasteiger partial charge in [-0.3, -0.25) is 4.79 Å². The molecule has 0 aliphatic heterocycles. The van der Waals surface area contributed by atoms with Crippen molar-refractivity contribution in [2.75, 3.05) is 0 Å². The van der Waals surface area contributed by atoms with Gasteiger partial charge in [0.15, 0.2) is 0 Å². The molecule has 2 aromatic rings. The van der Waals surface area contributed by atoms with Crippen molar-refractivity contribution in [2.24, 2.45) is 5.92 Å². The highest BCUT2D eigenvalue weighted by Gasteiger charge is 2.37. The van der Waals surface area contributed by atoms with Gasteiger partial charge in [-0.1, -0.05) is 22.0 Å². The summed E-state index contributed by atoms with van der Waals surface area (Å²) in [6.07, 6.45) is 3.32. The van der Waals surface area contributed by atoms with E-state index < -0.39 is 12.0 Å². The zero-order valence-corrected chi connectivity index (χ0v) is 12.1. The van der Waals surface area contributed by atoms with E-state index in [0.29, 0.717) is 5.56 Å². The molecule has 0 radical (unpaired) electrons. The van der Waals surface area contributed by atoms with Crippen LogP contribution >= 0.6 is 15.9 Å². The molecule has 20 heavy (non-hydrogen) atoms. The van der Waals surface area contributed by atoms with Gasteiger partial charge < -0.3 is 15.4 Å². The summed E-state index contributed by atoms with van der Waals surface area (Å²) in [6.45, 7) is 0. The van der Waals surface area contributed by atoms with Gasteiger partial charge in [-0.15, -0.1) is 0 Å². The number of carboxylic acid groups (broad SMARTS) is 1. The lowest BCUT2D eigenvalue weighted by molar-refractivity contribution is -0.139. The van der Waals surface area contributed by atoms with Gasteiger partial charge >= 0.3 is 5.97 Å². The Morgan fingerprint density at radius 3 is 2.80 bits per heavy atom. The molecule has 1 unspecified atom stereocenters. The van der Waals surface area contributed by atoms with Gasteiger partial charge in [0.1, 0.15) is 6.04 Å². The summed E-state index contributed by atoms with van der Waals surface area (Å²) in [4.78, 5) is 26.5. The van der Waals surface area contributed by atoms with E-state index in [9.17, 15) is 9.59 Å². The number of carbonyl (C=O) groups is 2. The van der Waals surface area contributed by atoms with Crippen LogP contribution < -0.4 is 5.32 Å². The monoisotopic (exact) mass is 336 g/mol. The van der Waals surface area contributed by atoms with E-state index in [-0.39, 0.29) is 11.8 Å². The van der Waals surface area contributed by atoms with Crippen molar-refractivity contribution in [3.05, 3.63) is 34.4 Å². The predicted octanol–water partition coefficient (Wildman–Crippen LogP) is 2.52. The Morgan fingerprint density at radius 2 is 2.15 bits per heavy atom. The SMILES string of the molecule is O=C(NC(C(=O)O)C1CC1)c1c[nH]c2cccc(Br)c12. The third-order valence-corrected chi connectivity index (χ3v) is 4.21. The molecule has 0 spiro atoms. The molecule has 1 amide bonds. The van der Waals surface area contributed by atoms with Crippen molar-refractivity contribution >= 4 is 38.7 Å². The topological polar surface area (TPSA) is 82.2 Å². The highest BCUT2D eigenvalue weighted by Crippen LogP contribution is 2.33. The zero-order valence-electron chi connectivity index (χ0n) is 10.5. The number of aromatic amines is 1. The van der Waals surface area contributed by atoms with Gasteiger partial charge in [-0.25, -0.2) is 4.79 Å². The number of rotatable bonds is 4. The first kappa shape index (κ1) is 13.2. The fourth-order valence-corrected chi connectivity index (χ4v) is 2.93. The molecule has 1 aromatic heterocycles. The number of halogens is 1. The molecule has 1 atom stereocenters. The van der Waals surface area contributed by atoms with Gasteiger partial charge in [0.05, 0.1) is 5.56 Å². The normalized spacial score (nSPS) is 16.1. The van der Waals surface area contributed by atoms with Crippen LogP contribution in [0, 0.1) is 5.92 Å². The molecule has 1 aliphatic carbocycles. The summed E-state index contributed by atoms with van der Waals surface area (Å²) in [5, 5.41) is 12.6. The highest BCUT2D eigenvalue weighted by molar-refractivity contribution is 9.10. The summed E-state index contributed by atoms with van der Waals surface area (Å²) >= 11 is 3.42. The maximum atomic E-state index is 12.3. The van der Waals surface area contributed by atoms with Crippen LogP contribution in [0.4, 0.5) is 0 Å². The third-order valence-electron chi connectivity index (χ3n) is 3.55. The Morgan fingerprint density at radius 1 is 1.40 bits per heavy atom. The summed E-state index contributed by atoms with van der Waals surface area (Å²) < 4.78 is 0.805. The number of benzene rings is 1. The minimum atomic E-state index is -0.972. The number of aromatic nitrogens is 1. The Kier molecular flexibility index (Phi) is 3.25. The van der Waals surface area contributed by atoms with E-state index in [1.807, 2.05) is 18.2 Å². The van der Waals surface area contributed by atoms with Gasteiger partial charge in [-0.2, -0.15) is 0 Å². The summed E-state index contributed by atoms with van der Waals surface area (Å²) in [7, 11) is 0. The van der Waals surface area contributed by atoms with Crippen molar-refractivity contribution < 1.29 is 14.7 Å². The number of carboxylic acids is 1. The number of fused-ring (bicyclic) bond motifs is 1. The van der Waals surface area contributed by atoms with Crippen LogP contribution in [0.5, 0.6) is 0 Å². The third kappa shape index (κ3) is 2.31. The average Bonchev–Trinajstić information content (AvgIpc) is 3.14. The van der Waals surface area contributed by atoms with Crippen molar-refractivity contribution in [3.8, 4) is 0 Å². The van der Waals surface area contributed by atoms with Crippen molar-refractivity contribution in [1.82, 2.24) is 10.3 Å². The lowest BCUT2D eigenvalue weighted by Gasteiger charge is -2.13. The largest absolute Gasteiger partial charge is 0.480 e. The first-order valence-corrected chi connectivity index (χ1v) is 7.16. The molecule has 1 fully saturated rings. The van der Waals surface area contributed by atoms with Crippen LogP contribution in [0.25, 0.3) is 10.9 Å². The first-order chi connectivity index (χ1) is 9.58. The van der Waals surface area contributed by atoms with Crippen LogP contribution in [-0.4, -0.2) is 28.0 Å². The fourth-order valence-electron chi connectivity index (χ4n) is 2.35. The zero-order chi connectivity index (χ0) is 14.3. The number of hydrogen-bond acceptors (Lipinski definition) is 2. The second-order valence-corrected chi connectivity index (χ2v) is 5.85. The van der Waals surface area contributed by atoms with E-state index >= 15 is 0 Å². The minimum Gasteiger partial charge on any atom is -0.480 e. The van der Waals surface area contributed by atoms with Crippen LogP contribution in [0.2, 0.25) is 0 Å². The van der Waals surface area contributed by atoms with Gasteiger partial charge in [0.2, 0.25) is 0 Å². The van der Waals surface area contributed by atoms with E-state index in [1.165, 1.54) is 0 Å². The highest BCUT2D eigenvalue weighted by atomic mass is 79.9. The van der Waals surface area contributed by atoms with Crippen molar-refractivity contribution in [3.63, 3.8) is 0 Å². The van der Waals surface area contributed by atoms with Crippen LogP contribution in [0.15, 0.2) is 28.9 Å². The Bertz CT molecular complexity index is 691. The molecule has 0 bridgehead atoms. The van der Waals surface area contributed by atoms with Gasteiger partial charge in [0, 0.05) is 21.6 Å². The molecule has 1 aliphatic rings. The van der Waals surface area contributed by atoms with Crippen molar-refractivity contribution in [1.29, 1.82) is 0 Å². The molecule has 1 heterocycles. The molecule has 104 valence electrons. The number of H-pyrrole nitrogens is 1. The van der Waals surface area contributed by atoms with Crippen LogP contribution in [-0.2, 0) is 4.79 Å². The first-order valence-electron chi connectivity index (χ1n) is 6.37. The minimum absolute atomic E-state index is 0.0603. The number of hydrogen-bond donors (Lipinski definition) is 3. The van der Waals surface area contributed by atoms with Crippen molar-refractivity contribution in [2.45, 2.75) is 18.9 Å². The number of nitrogens with one attached hydrogen (secondary N) is 2. The number of aliphatic carboxylic acids is 1. The number of carbonyl (C=O) groups excluding carboxylic acids is 1. The second-order valence-electron chi connectivity index (χ2n) is 4.99. The lowest BCUT2D eigenvalue weighted by Crippen LogP contribution is -2.42. The Balaban J connectivity index is 1.90. The molecule has 1 aromatic carbocycles. The second kappa shape index (κ2) is 4.94. The average molecular weight is 337 g/mol. The summed E-state index contributed by atoms with van der Waals surface area (Å²) in [6, 6.07) is 4.79. The number of amides is 1. The molecule has 1 saturated carbocycles. The maximum absolute atomic E-state index is 12.3. The molecular formula is C14H13BrN2O3. The van der Waals surface area contributed by atoms with E-state index in [2.05, 4.69) is 26.2 Å². The molecule has 0 saturated heterocycles. The lowest BCUT2D eigenvalue weighted by atomic mass is 10.1. The molecular weight excluding hydrogens is 324 g/mol. The predicted molar refractivity (Wildman–Crippen MR) is 77.6 cm³/mol. The molecule has 3 rings (SSSR count). The Labute approximate surface area is 123 Å². The quantitative estimate of drug-likeness (QED) is 0.802. The Hall–Kier alpha value is -1.82. The summed E-state index contributed by atoms with van der Waals surface area (Å²) in [5.41, 5.74) is 1.29. The standard InChI is InChI=1S/C14H13BrN2O3/c15-9-2-1-3-10-11(9)8(6-16-10)13(18)17-12(14(19)20)7-4-5-7/h1-3,6-7,12,16H,4-5H2,(H,17,18)(H,19,20). The van der Waals surface area contributed by atoms with E-state index in [0.717, 1.165) is 28.2 Å². The van der Waals surface area contributed by atoms with Crippen LogP contribution in [0.3, 0.4) is 0 Å². The molecule has 6 heteroatoms. The van der Waals surface area contributed by atoms with Crippen LogP contribution in [0.1, 0.15) is 23.2 Å². The molecule has 5 nitrogen and oxygen atoms in total. The molecule has 3 N–H and O–H groups in total. The smallest absolute Gasteiger partial charge is 0.326 e. The summed E-state index contributed by atoms with van der Waals surface area (Å²) in [5.74, 6) is -1.27. The fraction of sp³-hybridized carbons (Fsp3) is 0.286. The van der Waals surface area contributed by atoms with E-state index in [1.54, 1.807) is 6.20 Å². The maximum Gasteiger partial charge on any atom is 0.326 e. The van der Waals surface area contributed by atoms with Gasteiger partial charge in [0.25, 0.3) is 5.91 Å². The van der Waals surface area contributed by atoms with Gasteiger partial charge in [-0.05, 0) is 30.9 Å². The van der Waals surface area contributed by atoms with E-state index in [4.69, 9.17) is 5.11 Å².